The first-order valence-electron chi connectivity index (χ1n) is 8.93. The van der Waals surface area contributed by atoms with Crippen LogP contribution in [0.25, 0.3) is 10.6 Å². The number of carbonyl (C=O) groups excluding carboxylic acids is 1. The second-order valence-corrected chi connectivity index (χ2v) is 7.90. The highest BCUT2D eigenvalue weighted by molar-refractivity contribution is 7.13. The number of hydrogen-bond donors (Lipinski definition) is 0. The van der Waals surface area contributed by atoms with Gasteiger partial charge in [-0.05, 0) is 19.1 Å². The predicted molar refractivity (Wildman–Crippen MR) is 112 cm³/mol. The van der Waals surface area contributed by atoms with Gasteiger partial charge in [-0.15, -0.1) is 11.3 Å². The molecular formula is C21H20ClN3OS. The molecule has 1 aliphatic rings. The van der Waals surface area contributed by atoms with Gasteiger partial charge in [0.15, 0.2) is 0 Å². The zero-order valence-corrected chi connectivity index (χ0v) is 16.6. The summed E-state index contributed by atoms with van der Waals surface area (Å²) in [7, 11) is 0. The number of carbonyl (C=O) groups is 1. The third-order valence-electron chi connectivity index (χ3n) is 4.78. The van der Waals surface area contributed by atoms with E-state index in [9.17, 15) is 4.79 Å². The van der Waals surface area contributed by atoms with Gasteiger partial charge in [-0.25, -0.2) is 4.98 Å². The van der Waals surface area contributed by atoms with Crippen molar-refractivity contribution in [1.29, 1.82) is 0 Å². The van der Waals surface area contributed by atoms with E-state index < -0.39 is 0 Å². The fourth-order valence-corrected chi connectivity index (χ4v) is 4.28. The van der Waals surface area contributed by atoms with Crippen molar-refractivity contribution in [2.24, 2.45) is 0 Å². The van der Waals surface area contributed by atoms with Crippen molar-refractivity contribution >= 4 is 34.5 Å². The summed E-state index contributed by atoms with van der Waals surface area (Å²) in [6, 6.07) is 16.1. The molecule has 1 amide bonds. The fraction of sp³-hybridized carbons (Fsp3) is 0.238. The van der Waals surface area contributed by atoms with Crippen LogP contribution in [0, 0.1) is 6.92 Å². The highest BCUT2D eigenvalue weighted by Crippen LogP contribution is 2.27. The van der Waals surface area contributed by atoms with Gasteiger partial charge < -0.3 is 9.80 Å². The summed E-state index contributed by atoms with van der Waals surface area (Å²) in [5.41, 5.74) is 3.82. The molecule has 1 saturated heterocycles. The lowest BCUT2D eigenvalue weighted by molar-refractivity contribution is 0.0742. The largest absolute Gasteiger partial charge is 0.367 e. The van der Waals surface area contributed by atoms with Crippen LogP contribution in [0.2, 0.25) is 5.02 Å². The van der Waals surface area contributed by atoms with Gasteiger partial charge >= 0.3 is 0 Å². The molecule has 2 heterocycles. The number of halogens is 1. The van der Waals surface area contributed by atoms with Crippen LogP contribution in [0.15, 0.2) is 53.9 Å². The number of aromatic nitrogens is 1. The molecule has 4 rings (SSSR count). The fourth-order valence-electron chi connectivity index (χ4n) is 3.22. The Balaban J connectivity index is 1.43. The van der Waals surface area contributed by atoms with E-state index in [-0.39, 0.29) is 5.91 Å². The van der Waals surface area contributed by atoms with Crippen LogP contribution >= 0.6 is 22.9 Å². The summed E-state index contributed by atoms with van der Waals surface area (Å²) >= 11 is 7.81. The van der Waals surface area contributed by atoms with E-state index in [2.05, 4.69) is 28.9 Å². The SMILES string of the molecule is Cc1ccc(-c2nc(C(=O)N3CCN(c4ccccc4Cl)CC3)cs2)cc1. The first-order chi connectivity index (χ1) is 13.1. The molecule has 0 unspecified atom stereocenters. The van der Waals surface area contributed by atoms with Crippen LogP contribution in [0.3, 0.4) is 0 Å². The maximum atomic E-state index is 12.8. The highest BCUT2D eigenvalue weighted by atomic mass is 35.5. The molecule has 27 heavy (non-hydrogen) atoms. The molecule has 0 radical (unpaired) electrons. The van der Waals surface area contributed by atoms with Crippen molar-refractivity contribution in [3.05, 3.63) is 70.2 Å². The average Bonchev–Trinajstić information content (AvgIpc) is 3.19. The molecule has 1 fully saturated rings. The molecule has 2 aromatic carbocycles. The topological polar surface area (TPSA) is 36.4 Å². The first kappa shape index (κ1) is 18.0. The van der Waals surface area contributed by atoms with Gasteiger partial charge in [0.2, 0.25) is 0 Å². The second-order valence-electron chi connectivity index (χ2n) is 6.63. The van der Waals surface area contributed by atoms with E-state index >= 15 is 0 Å². The number of aryl methyl sites for hydroxylation is 1. The predicted octanol–water partition coefficient (Wildman–Crippen LogP) is 4.73. The summed E-state index contributed by atoms with van der Waals surface area (Å²) in [6.07, 6.45) is 0. The molecule has 0 bridgehead atoms. The number of piperazine rings is 1. The summed E-state index contributed by atoms with van der Waals surface area (Å²) in [5.74, 6) is 0.00317. The lowest BCUT2D eigenvalue weighted by atomic mass is 10.2. The average molecular weight is 398 g/mol. The molecule has 0 saturated carbocycles. The molecule has 1 aromatic heterocycles. The van der Waals surface area contributed by atoms with E-state index in [0.29, 0.717) is 18.8 Å². The molecule has 0 N–H and O–H groups in total. The summed E-state index contributed by atoms with van der Waals surface area (Å²) in [6.45, 7) is 4.93. The quantitative estimate of drug-likeness (QED) is 0.640. The van der Waals surface area contributed by atoms with Crippen molar-refractivity contribution in [2.75, 3.05) is 31.1 Å². The monoisotopic (exact) mass is 397 g/mol. The van der Waals surface area contributed by atoms with Gasteiger partial charge in [0, 0.05) is 37.1 Å². The summed E-state index contributed by atoms with van der Waals surface area (Å²) in [5, 5.41) is 3.49. The molecule has 3 aromatic rings. The first-order valence-corrected chi connectivity index (χ1v) is 10.2. The van der Waals surface area contributed by atoms with E-state index in [1.54, 1.807) is 0 Å². The summed E-state index contributed by atoms with van der Waals surface area (Å²) in [4.78, 5) is 21.5. The van der Waals surface area contributed by atoms with Crippen LogP contribution in [0.4, 0.5) is 5.69 Å². The number of para-hydroxylation sites is 1. The zero-order valence-electron chi connectivity index (χ0n) is 15.1. The minimum absolute atomic E-state index is 0.00317. The molecule has 6 heteroatoms. The van der Waals surface area contributed by atoms with Gasteiger partial charge in [0.05, 0.1) is 10.7 Å². The maximum Gasteiger partial charge on any atom is 0.273 e. The van der Waals surface area contributed by atoms with Crippen LogP contribution in [0.5, 0.6) is 0 Å². The van der Waals surface area contributed by atoms with E-state index in [0.717, 1.165) is 34.4 Å². The van der Waals surface area contributed by atoms with E-state index in [1.165, 1.54) is 16.9 Å². The zero-order chi connectivity index (χ0) is 18.8. The standard InChI is InChI=1S/C21H20ClN3OS/c1-15-6-8-16(9-7-15)20-23-18(14-27-20)21(26)25-12-10-24(11-13-25)19-5-3-2-4-17(19)22/h2-9,14H,10-13H2,1H3. The third kappa shape index (κ3) is 3.84. The number of nitrogens with zero attached hydrogens (tertiary/aromatic N) is 3. The van der Waals surface area contributed by atoms with Crippen molar-refractivity contribution < 1.29 is 4.79 Å². The Kier molecular flexibility index (Phi) is 5.14. The molecule has 0 spiro atoms. The summed E-state index contributed by atoms with van der Waals surface area (Å²) < 4.78 is 0. The number of benzene rings is 2. The Bertz CT molecular complexity index is 946. The van der Waals surface area contributed by atoms with Gasteiger partial charge in [-0.3, -0.25) is 4.79 Å². The van der Waals surface area contributed by atoms with Crippen molar-refractivity contribution in [3.63, 3.8) is 0 Å². The minimum Gasteiger partial charge on any atom is -0.367 e. The van der Waals surface area contributed by atoms with Crippen LogP contribution in [0.1, 0.15) is 16.1 Å². The Hall–Kier alpha value is -2.37. The lowest BCUT2D eigenvalue weighted by Gasteiger charge is -2.36. The molecule has 1 aliphatic heterocycles. The van der Waals surface area contributed by atoms with Gasteiger partial charge in [0.25, 0.3) is 5.91 Å². The Morgan fingerprint density at radius 2 is 1.74 bits per heavy atom. The second kappa shape index (κ2) is 7.71. The number of rotatable bonds is 3. The Morgan fingerprint density at radius 3 is 2.44 bits per heavy atom. The number of thiazole rings is 1. The van der Waals surface area contributed by atoms with Gasteiger partial charge in [-0.1, -0.05) is 53.6 Å². The normalized spacial score (nSPS) is 14.4. The van der Waals surface area contributed by atoms with Crippen LogP contribution < -0.4 is 4.90 Å². The highest BCUT2D eigenvalue weighted by Gasteiger charge is 2.24. The lowest BCUT2D eigenvalue weighted by Crippen LogP contribution is -2.49. The van der Waals surface area contributed by atoms with Crippen molar-refractivity contribution in [1.82, 2.24) is 9.88 Å². The maximum absolute atomic E-state index is 12.8. The Labute approximate surface area is 168 Å². The number of amides is 1. The van der Waals surface area contributed by atoms with Crippen molar-refractivity contribution in [3.8, 4) is 10.6 Å². The smallest absolute Gasteiger partial charge is 0.273 e. The molecular weight excluding hydrogens is 378 g/mol. The minimum atomic E-state index is 0.00317. The number of hydrogen-bond acceptors (Lipinski definition) is 4. The molecule has 0 aliphatic carbocycles. The van der Waals surface area contributed by atoms with Gasteiger partial charge in [-0.2, -0.15) is 0 Å². The Morgan fingerprint density at radius 1 is 1.04 bits per heavy atom. The molecule has 0 atom stereocenters. The molecule has 4 nitrogen and oxygen atoms in total. The van der Waals surface area contributed by atoms with Crippen LogP contribution in [-0.2, 0) is 0 Å². The molecule has 138 valence electrons. The van der Waals surface area contributed by atoms with Crippen LogP contribution in [-0.4, -0.2) is 42.0 Å². The van der Waals surface area contributed by atoms with E-state index in [1.807, 2.05) is 46.7 Å². The van der Waals surface area contributed by atoms with Gasteiger partial charge in [0.1, 0.15) is 10.7 Å². The van der Waals surface area contributed by atoms with Crippen molar-refractivity contribution in [2.45, 2.75) is 6.92 Å². The number of anilines is 1. The third-order valence-corrected chi connectivity index (χ3v) is 5.99. The van der Waals surface area contributed by atoms with E-state index in [4.69, 9.17) is 11.6 Å².